The van der Waals surface area contributed by atoms with Gasteiger partial charge in [-0.1, -0.05) is 67.8 Å². The van der Waals surface area contributed by atoms with Crippen LogP contribution in [0.15, 0.2) is 40.0 Å². The molecule has 1 heterocycles. The summed E-state index contributed by atoms with van der Waals surface area (Å²) in [7, 11) is 4.00. The molecule has 3 rings (SSSR count). The highest BCUT2D eigenvalue weighted by Gasteiger charge is 2.34. The molecule has 31 heavy (non-hydrogen) atoms. The zero-order chi connectivity index (χ0) is 22.1. The van der Waals surface area contributed by atoms with E-state index in [0.29, 0.717) is 11.6 Å². The van der Waals surface area contributed by atoms with Crippen molar-refractivity contribution in [3.63, 3.8) is 0 Å². The zero-order valence-electron chi connectivity index (χ0n) is 18.4. The van der Waals surface area contributed by atoms with Gasteiger partial charge in [-0.15, -0.1) is 10.2 Å². The van der Waals surface area contributed by atoms with Gasteiger partial charge >= 0.3 is 0 Å². The molecule has 0 bridgehead atoms. The quantitative estimate of drug-likeness (QED) is 0.226. The number of nitrogens with zero attached hydrogens (tertiary/aromatic N) is 4. The SMILES string of the molecule is CN(C)CCSc1nnc(C(=O)C(Cc2ccccc2)N(C=O)C2CCCCCC2)o1. The van der Waals surface area contributed by atoms with Gasteiger partial charge in [0.15, 0.2) is 0 Å². The number of hydrogen-bond donors (Lipinski definition) is 0. The Bertz CT molecular complexity index is 819. The molecule has 0 spiro atoms. The van der Waals surface area contributed by atoms with Crippen molar-refractivity contribution in [2.45, 2.75) is 62.3 Å². The smallest absolute Gasteiger partial charge is 0.286 e. The second-order valence-electron chi connectivity index (χ2n) is 8.29. The number of aromatic nitrogens is 2. The molecule has 0 saturated heterocycles. The first kappa shape index (κ1) is 23.5. The third kappa shape index (κ3) is 6.90. The van der Waals surface area contributed by atoms with Crippen LogP contribution < -0.4 is 0 Å². The number of carbonyl (C=O) groups is 2. The van der Waals surface area contributed by atoms with E-state index >= 15 is 0 Å². The summed E-state index contributed by atoms with van der Waals surface area (Å²) in [5.41, 5.74) is 1.00. The number of amides is 1. The van der Waals surface area contributed by atoms with Crippen molar-refractivity contribution in [1.82, 2.24) is 20.0 Å². The number of thioether (sulfide) groups is 1. The fourth-order valence-corrected chi connectivity index (χ4v) is 4.83. The van der Waals surface area contributed by atoms with Gasteiger partial charge in [-0.3, -0.25) is 9.59 Å². The highest BCUT2D eigenvalue weighted by molar-refractivity contribution is 7.99. The molecule has 0 aliphatic heterocycles. The lowest BCUT2D eigenvalue weighted by Crippen LogP contribution is -2.48. The van der Waals surface area contributed by atoms with Crippen molar-refractivity contribution >= 4 is 24.0 Å². The predicted octanol–water partition coefficient (Wildman–Crippen LogP) is 3.70. The lowest BCUT2D eigenvalue weighted by molar-refractivity contribution is -0.122. The number of Topliss-reactive ketones (excluding diaryl/α,β-unsaturated/α-hetero) is 1. The third-order valence-corrected chi connectivity index (χ3v) is 6.48. The lowest BCUT2D eigenvalue weighted by Gasteiger charge is -2.33. The Balaban J connectivity index is 1.80. The monoisotopic (exact) mass is 444 g/mol. The van der Waals surface area contributed by atoms with Crippen LogP contribution in [0.4, 0.5) is 0 Å². The number of rotatable bonds is 11. The van der Waals surface area contributed by atoms with Crippen molar-refractivity contribution in [2.24, 2.45) is 0 Å². The van der Waals surface area contributed by atoms with E-state index in [4.69, 9.17) is 4.42 Å². The van der Waals surface area contributed by atoms with Gasteiger partial charge < -0.3 is 14.2 Å². The molecule has 0 N–H and O–H groups in total. The predicted molar refractivity (Wildman–Crippen MR) is 121 cm³/mol. The van der Waals surface area contributed by atoms with Crippen molar-refractivity contribution in [3.8, 4) is 0 Å². The van der Waals surface area contributed by atoms with Gasteiger partial charge in [0.25, 0.3) is 11.1 Å². The minimum Gasteiger partial charge on any atom is -0.408 e. The molecule has 1 aromatic carbocycles. The van der Waals surface area contributed by atoms with E-state index < -0.39 is 6.04 Å². The standard InChI is InChI=1S/C23H32N4O3S/c1-26(2)14-15-31-23-25-24-22(30-23)21(29)20(16-18-10-6-5-7-11-18)27(17-28)19-12-8-3-4-9-13-19/h5-7,10-11,17,19-20H,3-4,8-9,12-16H2,1-2H3. The highest BCUT2D eigenvalue weighted by Crippen LogP contribution is 2.26. The van der Waals surface area contributed by atoms with Crippen LogP contribution in [0.2, 0.25) is 0 Å². The van der Waals surface area contributed by atoms with Crippen LogP contribution in [0.1, 0.15) is 54.8 Å². The molecule has 168 valence electrons. The first-order chi connectivity index (χ1) is 15.1. The number of ketones is 1. The summed E-state index contributed by atoms with van der Waals surface area (Å²) >= 11 is 1.43. The molecular formula is C23H32N4O3S. The normalized spacial score (nSPS) is 16.1. The number of hydrogen-bond acceptors (Lipinski definition) is 7. The minimum absolute atomic E-state index is 0.0197. The van der Waals surface area contributed by atoms with Gasteiger partial charge in [0.1, 0.15) is 6.04 Å². The summed E-state index contributed by atoms with van der Waals surface area (Å²) in [5.74, 6) is 0.486. The van der Waals surface area contributed by atoms with Crippen molar-refractivity contribution < 1.29 is 14.0 Å². The Morgan fingerprint density at radius 3 is 2.52 bits per heavy atom. The van der Waals surface area contributed by atoms with E-state index in [2.05, 4.69) is 15.1 Å². The summed E-state index contributed by atoms with van der Waals surface area (Å²) in [4.78, 5) is 29.4. The average molecular weight is 445 g/mol. The maximum atomic E-state index is 13.5. The second-order valence-corrected chi connectivity index (χ2v) is 9.34. The van der Waals surface area contributed by atoms with Crippen LogP contribution in [0, 0.1) is 0 Å². The van der Waals surface area contributed by atoms with Crippen LogP contribution in [0.3, 0.4) is 0 Å². The molecule has 1 aromatic heterocycles. The molecular weight excluding hydrogens is 412 g/mol. The van der Waals surface area contributed by atoms with Gasteiger partial charge in [-0.05, 0) is 32.5 Å². The summed E-state index contributed by atoms with van der Waals surface area (Å²) < 4.78 is 5.68. The first-order valence-electron chi connectivity index (χ1n) is 11.0. The molecule has 2 aromatic rings. The topological polar surface area (TPSA) is 79.5 Å². The van der Waals surface area contributed by atoms with Crippen LogP contribution >= 0.6 is 11.8 Å². The van der Waals surface area contributed by atoms with Gasteiger partial charge in [-0.2, -0.15) is 0 Å². The largest absolute Gasteiger partial charge is 0.408 e. The molecule has 7 nitrogen and oxygen atoms in total. The molecule has 1 fully saturated rings. The Hall–Kier alpha value is -2.19. The maximum absolute atomic E-state index is 13.5. The minimum atomic E-state index is -0.650. The van der Waals surface area contributed by atoms with Crippen molar-refractivity contribution in [1.29, 1.82) is 0 Å². The van der Waals surface area contributed by atoms with E-state index in [-0.39, 0.29) is 17.7 Å². The van der Waals surface area contributed by atoms with Crippen LogP contribution in [0.25, 0.3) is 0 Å². The van der Waals surface area contributed by atoms with Crippen molar-refractivity contribution in [3.05, 3.63) is 41.8 Å². The Morgan fingerprint density at radius 1 is 1.16 bits per heavy atom. The van der Waals surface area contributed by atoms with Gasteiger partial charge in [-0.25, -0.2) is 0 Å². The van der Waals surface area contributed by atoms with Crippen LogP contribution in [0.5, 0.6) is 0 Å². The van der Waals surface area contributed by atoms with E-state index in [0.717, 1.165) is 50.0 Å². The molecule has 0 radical (unpaired) electrons. The number of carbonyl (C=O) groups excluding carboxylic acids is 2. The third-order valence-electron chi connectivity index (χ3n) is 5.68. The van der Waals surface area contributed by atoms with Gasteiger partial charge in [0.05, 0.1) is 0 Å². The lowest BCUT2D eigenvalue weighted by atomic mass is 9.97. The zero-order valence-corrected chi connectivity index (χ0v) is 19.2. The molecule has 1 aliphatic carbocycles. The second kappa shape index (κ2) is 12.0. The summed E-state index contributed by atoms with van der Waals surface area (Å²) in [6, 6.07) is 9.20. The summed E-state index contributed by atoms with van der Waals surface area (Å²) in [6.45, 7) is 0.869. The highest BCUT2D eigenvalue weighted by atomic mass is 32.2. The van der Waals surface area contributed by atoms with Crippen LogP contribution in [-0.2, 0) is 11.2 Å². The van der Waals surface area contributed by atoms with E-state index in [1.54, 1.807) is 4.90 Å². The Labute approximate surface area is 188 Å². The van der Waals surface area contributed by atoms with Crippen molar-refractivity contribution in [2.75, 3.05) is 26.4 Å². The molecule has 8 heteroatoms. The van der Waals surface area contributed by atoms with Gasteiger partial charge in [0, 0.05) is 24.8 Å². The fraction of sp³-hybridized carbons (Fsp3) is 0.565. The Kier molecular flexibility index (Phi) is 9.09. The maximum Gasteiger partial charge on any atom is 0.286 e. The summed E-state index contributed by atoms with van der Waals surface area (Å²) in [5, 5.41) is 8.43. The summed E-state index contributed by atoms with van der Waals surface area (Å²) in [6.07, 6.45) is 7.63. The number of benzene rings is 1. The molecule has 1 saturated carbocycles. The molecule has 1 atom stereocenters. The molecule has 1 aliphatic rings. The molecule has 1 amide bonds. The molecule has 1 unspecified atom stereocenters. The fourth-order valence-electron chi connectivity index (χ4n) is 3.97. The average Bonchev–Trinajstić information content (AvgIpc) is 3.08. The first-order valence-corrected chi connectivity index (χ1v) is 12.0. The van der Waals surface area contributed by atoms with Gasteiger partial charge in [0.2, 0.25) is 12.2 Å². The van der Waals surface area contributed by atoms with E-state index in [1.807, 2.05) is 44.4 Å². The van der Waals surface area contributed by atoms with Crippen LogP contribution in [-0.4, -0.2) is 70.7 Å². The Morgan fingerprint density at radius 2 is 1.87 bits per heavy atom. The van der Waals surface area contributed by atoms with E-state index in [9.17, 15) is 9.59 Å². The van der Waals surface area contributed by atoms with E-state index in [1.165, 1.54) is 24.6 Å².